The van der Waals surface area contributed by atoms with Gasteiger partial charge in [0.25, 0.3) is 5.56 Å². The first-order chi connectivity index (χ1) is 19.3. The number of halogens is 1. The van der Waals surface area contributed by atoms with Crippen molar-refractivity contribution in [2.75, 3.05) is 38.2 Å². The summed E-state index contributed by atoms with van der Waals surface area (Å²) in [5.74, 6) is 0. The van der Waals surface area contributed by atoms with Gasteiger partial charge in [-0.1, -0.05) is 17.7 Å². The summed E-state index contributed by atoms with van der Waals surface area (Å²) in [6.07, 6.45) is 5.58. The third-order valence-electron chi connectivity index (χ3n) is 7.66. The van der Waals surface area contributed by atoms with Gasteiger partial charge in [0.15, 0.2) is 0 Å². The summed E-state index contributed by atoms with van der Waals surface area (Å²) in [5, 5.41) is 15.7. The Balaban J connectivity index is 1.43. The van der Waals surface area contributed by atoms with Crippen molar-refractivity contribution in [1.82, 2.24) is 34.0 Å². The topological polar surface area (TPSA) is 95.0 Å². The van der Waals surface area contributed by atoms with E-state index in [4.69, 9.17) is 21.4 Å². The van der Waals surface area contributed by atoms with Crippen molar-refractivity contribution in [2.45, 2.75) is 26.4 Å². The molecule has 11 heteroatoms. The van der Waals surface area contributed by atoms with Crippen LogP contribution in [-0.2, 0) is 25.4 Å². The minimum Gasteiger partial charge on any atom is -0.379 e. The van der Waals surface area contributed by atoms with Gasteiger partial charge in [-0.2, -0.15) is 10.2 Å². The lowest BCUT2D eigenvalue weighted by Crippen LogP contribution is -2.38. The lowest BCUT2D eigenvalue weighted by Gasteiger charge is -2.26. The molecule has 1 N–H and O–H groups in total. The van der Waals surface area contributed by atoms with Crippen molar-refractivity contribution < 1.29 is 4.74 Å². The van der Waals surface area contributed by atoms with E-state index in [0.29, 0.717) is 17.1 Å². The summed E-state index contributed by atoms with van der Waals surface area (Å²) in [4.78, 5) is 20.7. The molecule has 5 heterocycles. The van der Waals surface area contributed by atoms with Crippen LogP contribution in [0.1, 0.15) is 24.1 Å². The molecule has 1 fully saturated rings. The van der Waals surface area contributed by atoms with Gasteiger partial charge in [0.05, 0.1) is 43.5 Å². The molecule has 1 aliphatic heterocycles. The van der Waals surface area contributed by atoms with Crippen LogP contribution in [0.25, 0.3) is 33.1 Å². The predicted molar refractivity (Wildman–Crippen MR) is 158 cm³/mol. The molecule has 5 aromatic rings. The lowest BCUT2D eigenvalue weighted by molar-refractivity contribution is 0.0361. The molecule has 1 aliphatic rings. The van der Waals surface area contributed by atoms with E-state index in [-0.39, 0.29) is 11.6 Å². The highest BCUT2D eigenvalue weighted by Gasteiger charge is 2.21. The Kier molecular flexibility index (Phi) is 7.07. The van der Waals surface area contributed by atoms with Gasteiger partial charge in [-0.3, -0.25) is 18.9 Å². The van der Waals surface area contributed by atoms with Crippen molar-refractivity contribution in [1.29, 1.82) is 0 Å². The smallest absolute Gasteiger partial charge is 0.259 e. The Bertz CT molecular complexity index is 1770. The van der Waals surface area contributed by atoms with E-state index in [9.17, 15) is 4.79 Å². The van der Waals surface area contributed by atoms with Gasteiger partial charge in [-0.25, -0.2) is 9.67 Å². The number of nitrogens with zero attached hydrogens (tertiary/aromatic N) is 7. The average molecular weight is 561 g/mol. The van der Waals surface area contributed by atoms with Crippen molar-refractivity contribution in [3.05, 3.63) is 69.5 Å². The highest BCUT2D eigenvalue weighted by atomic mass is 35.5. The van der Waals surface area contributed by atoms with Crippen LogP contribution in [-0.4, -0.2) is 66.9 Å². The molecule has 0 saturated carbocycles. The molecule has 0 aliphatic carbocycles. The zero-order chi connectivity index (χ0) is 28.0. The second kappa shape index (κ2) is 10.7. The zero-order valence-electron chi connectivity index (χ0n) is 23.2. The van der Waals surface area contributed by atoms with Gasteiger partial charge in [0.2, 0.25) is 0 Å². The van der Waals surface area contributed by atoms with Crippen LogP contribution >= 0.6 is 11.6 Å². The highest BCUT2D eigenvalue weighted by Crippen LogP contribution is 2.35. The number of aryl methyl sites for hydroxylation is 3. The van der Waals surface area contributed by atoms with Crippen LogP contribution < -0.4 is 10.9 Å². The molecular formula is C29H33ClN8O2. The van der Waals surface area contributed by atoms with Crippen LogP contribution in [0.2, 0.25) is 5.15 Å². The number of anilines is 1. The monoisotopic (exact) mass is 560 g/mol. The van der Waals surface area contributed by atoms with Gasteiger partial charge < -0.3 is 10.1 Å². The van der Waals surface area contributed by atoms with E-state index in [1.807, 2.05) is 50.2 Å². The normalized spacial score (nSPS) is 15.2. The predicted octanol–water partition coefficient (Wildman–Crippen LogP) is 4.15. The average Bonchev–Trinajstić information content (AvgIpc) is 3.58. The molecule has 10 nitrogen and oxygen atoms in total. The summed E-state index contributed by atoms with van der Waals surface area (Å²) in [5.41, 5.74) is 5.27. The number of rotatable bonds is 7. The van der Waals surface area contributed by atoms with Crippen molar-refractivity contribution in [2.24, 2.45) is 14.1 Å². The van der Waals surface area contributed by atoms with E-state index in [1.54, 1.807) is 21.5 Å². The zero-order valence-corrected chi connectivity index (χ0v) is 23.9. The number of fused-ring (bicyclic) bond motifs is 3. The number of hydrogen-bond acceptors (Lipinski definition) is 7. The molecule has 208 valence electrons. The van der Waals surface area contributed by atoms with Gasteiger partial charge in [0.1, 0.15) is 10.8 Å². The van der Waals surface area contributed by atoms with Crippen LogP contribution in [0.5, 0.6) is 0 Å². The molecule has 0 spiro atoms. The fourth-order valence-electron chi connectivity index (χ4n) is 5.66. The van der Waals surface area contributed by atoms with E-state index >= 15 is 0 Å². The first-order valence-electron chi connectivity index (χ1n) is 13.5. The summed E-state index contributed by atoms with van der Waals surface area (Å²) in [6.45, 7) is 9.00. The molecule has 1 saturated heterocycles. The maximum Gasteiger partial charge on any atom is 0.259 e. The Morgan fingerprint density at radius 1 is 1.07 bits per heavy atom. The molecule has 4 aromatic heterocycles. The van der Waals surface area contributed by atoms with Crippen molar-refractivity contribution in [3.63, 3.8) is 0 Å². The fourth-order valence-corrected chi connectivity index (χ4v) is 5.81. The Morgan fingerprint density at radius 3 is 2.62 bits per heavy atom. The van der Waals surface area contributed by atoms with E-state index in [0.717, 1.165) is 77.3 Å². The van der Waals surface area contributed by atoms with Gasteiger partial charge >= 0.3 is 0 Å². The number of morpholine rings is 1. The van der Waals surface area contributed by atoms with Crippen LogP contribution in [0.3, 0.4) is 0 Å². The standard InChI is InChI=1S/C29H33ClN8O2/c1-18-13-21(19(2)33-24-5-6-25(30)34-27(24)20-15-31-35(3)17-20)26-22(14-18)29(39)36(4)28-23(26)16-32-38(28)8-7-37-9-11-40-12-10-37/h5-6,13-17,19,33H,7-12H2,1-4H3. The maximum atomic E-state index is 13.7. The quantitative estimate of drug-likeness (QED) is 0.299. The number of hydrogen-bond donors (Lipinski definition) is 1. The van der Waals surface area contributed by atoms with Crippen LogP contribution in [0.4, 0.5) is 5.69 Å². The second-order valence-electron chi connectivity index (χ2n) is 10.5. The number of aromatic nitrogens is 6. The maximum absolute atomic E-state index is 13.7. The van der Waals surface area contributed by atoms with Crippen LogP contribution in [0.15, 0.2) is 47.7 Å². The molecule has 1 atom stereocenters. The van der Waals surface area contributed by atoms with Crippen molar-refractivity contribution >= 4 is 39.1 Å². The van der Waals surface area contributed by atoms with Crippen molar-refractivity contribution in [3.8, 4) is 11.3 Å². The third-order valence-corrected chi connectivity index (χ3v) is 7.87. The highest BCUT2D eigenvalue weighted by molar-refractivity contribution is 6.29. The second-order valence-corrected chi connectivity index (χ2v) is 10.9. The van der Waals surface area contributed by atoms with Gasteiger partial charge in [0, 0.05) is 67.7 Å². The summed E-state index contributed by atoms with van der Waals surface area (Å²) >= 11 is 6.28. The van der Waals surface area contributed by atoms with E-state index in [2.05, 4.69) is 33.3 Å². The largest absolute Gasteiger partial charge is 0.379 e. The Hall–Kier alpha value is -3.73. The lowest BCUT2D eigenvalue weighted by atomic mass is 9.95. The van der Waals surface area contributed by atoms with E-state index < -0.39 is 0 Å². The Labute approximate surface area is 237 Å². The van der Waals surface area contributed by atoms with E-state index in [1.165, 1.54) is 0 Å². The molecule has 1 unspecified atom stereocenters. The minimum absolute atomic E-state index is 0.0306. The first-order valence-corrected chi connectivity index (χ1v) is 13.9. The summed E-state index contributed by atoms with van der Waals surface area (Å²) in [7, 11) is 3.70. The Morgan fingerprint density at radius 2 is 1.88 bits per heavy atom. The number of ether oxygens (including phenoxy) is 1. The first kappa shape index (κ1) is 26.5. The molecule has 40 heavy (non-hydrogen) atoms. The molecule has 1 aromatic carbocycles. The third kappa shape index (κ3) is 4.87. The molecule has 6 rings (SSSR count). The summed E-state index contributed by atoms with van der Waals surface area (Å²) < 4.78 is 10.9. The number of nitrogens with one attached hydrogen (secondary N) is 1. The molecule has 0 radical (unpaired) electrons. The molecule has 0 amide bonds. The minimum atomic E-state index is -0.146. The van der Waals surface area contributed by atoms with Crippen LogP contribution in [0, 0.1) is 6.92 Å². The van der Waals surface area contributed by atoms with Gasteiger partial charge in [-0.15, -0.1) is 0 Å². The SMILES string of the molecule is Cc1cc(C(C)Nc2ccc(Cl)nc2-c2cnn(C)c2)c2c(c1)c(=O)n(C)c1c2cnn1CCN1CCOCC1. The summed E-state index contributed by atoms with van der Waals surface area (Å²) in [6, 6.07) is 7.69. The van der Waals surface area contributed by atoms with Gasteiger partial charge in [-0.05, 0) is 43.2 Å². The number of benzene rings is 1. The molecular weight excluding hydrogens is 528 g/mol. The molecule has 0 bridgehead atoms. The number of pyridine rings is 2. The fraction of sp³-hybridized carbons (Fsp3) is 0.379.